The largest absolute Gasteiger partial charge is 0.350 e. The van der Waals surface area contributed by atoms with E-state index < -0.39 is 0 Å². The highest BCUT2D eigenvalue weighted by atomic mass is 35.5. The molecule has 0 spiro atoms. The lowest BCUT2D eigenvalue weighted by molar-refractivity contribution is 0.0368. The number of fused-ring (bicyclic) bond motifs is 2. The Hall–Kier alpha value is -1.52. The van der Waals surface area contributed by atoms with E-state index in [1.807, 2.05) is 30.0 Å². The smallest absolute Gasteiger partial charge is 0.270 e. The Bertz CT molecular complexity index is 754. The van der Waals surface area contributed by atoms with Crippen LogP contribution in [0.1, 0.15) is 35.3 Å². The van der Waals surface area contributed by atoms with Gasteiger partial charge in [0.2, 0.25) is 0 Å². The molecule has 2 saturated heterocycles. The number of piperidine rings is 1. The second-order valence-corrected chi connectivity index (χ2v) is 7.19. The highest BCUT2D eigenvalue weighted by Crippen LogP contribution is 2.27. The maximum Gasteiger partial charge on any atom is 0.270 e. The van der Waals surface area contributed by atoms with E-state index in [1.54, 1.807) is 0 Å². The lowest BCUT2D eigenvalue weighted by Crippen LogP contribution is -2.56. The Labute approximate surface area is 141 Å². The van der Waals surface area contributed by atoms with Gasteiger partial charge in [-0.05, 0) is 50.1 Å². The zero-order valence-corrected chi connectivity index (χ0v) is 14.2. The predicted octanol–water partition coefficient (Wildman–Crippen LogP) is 3.44. The molecule has 5 heteroatoms. The van der Waals surface area contributed by atoms with Gasteiger partial charge in [-0.2, -0.15) is 0 Å². The fourth-order valence-electron chi connectivity index (χ4n) is 4.01. The molecule has 2 aromatic rings. The van der Waals surface area contributed by atoms with Crippen LogP contribution in [0.15, 0.2) is 18.2 Å². The van der Waals surface area contributed by atoms with Crippen LogP contribution in [-0.4, -0.2) is 52.9 Å². The molecule has 23 heavy (non-hydrogen) atoms. The monoisotopic (exact) mass is 331 g/mol. The standard InChI is InChI=1S/C18H22ClN3O/c1-12-15-10-13(19)5-6-16(15)20-17(12)18(23)22-9-8-21-7-3-2-4-14(21)11-22/h5-6,10,14,20H,2-4,7-9,11H2,1H3. The topological polar surface area (TPSA) is 39.3 Å². The number of aromatic nitrogens is 1. The van der Waals surface area contributed by atoms with Gasteiger partial charge in [0.1, 0.15) is 5.69 Å². The van der Waals surface area contributed by atoms with Crippen molar-refractivity contribution in [3.8, 4) is 0 Å². The molecule has 0 bridgehead atoms. The number of H-pyrrole nitrogens is 1. The van der Waals surface area contributed by atoms with Crippen LogP contribution in [0.2, 0.25) is 5.02 Å². The number of aryl methyl sites for hydroxylation is 1. The first kappa shape index (κ1) is 15.0. The van der Waals surface area contributed by atoms with Crippen molar-refractivity contribution in [2.75, 3.05) is 26.2 Å². The number of aromatic amines is 1. The Morgan fingerprint density at radius 1 is 1.26 bits per heavy atom. The first-order valence-electron chi connectivity index (χ1n) is 8.44. The van der Waals surface area contributed by atoms with Crippen molar-refractivity contribution in [3.63, 3.8) is 0 Å². The summed E-state index contributed by atoms with van der Waals surface area (Å²) in [4.78, 5) is 20.9. The fourth-order valence-corrected chi connectivity index (χ4v) is 4.18. The summed E-state index contributed by atoms with van der Waals surface area (Å²) in [6.07, 6.45) is 3.80. The molecule has 0 aliphatic carbocycles. The number of halogens is 1. The first-order chi connectivity index (χ1) is 11.1. The molecule has 1 atom stereocenters. The number of nitrogens with zero attached hydrogens (tertiary/aromatic N) is 2. The van der Waals surface area contributed by atoms with Gasteiger partial charge >= 0.3 is 0 Å². The van der Waals surface area contributed by atoms with Crippen molar-refractivity contribution in [2.45, 2.75) is 32.2 Å². The van der Waals surface area contributed by atoms with E-state index in [9.17, 15) is 4.79 Å². The van der Waals surface area contributed by atoms with Crippen LogP contribution in [0.5, 0.6) is 0 Å². The molecule has 3 heterocycles. The summed E-state index contributed by atoms with van der Waals surface area (Å²) < 4.78 is 0. The Morgan fingerprint density at radius 3 is 3.00 bits per heavy atom. The van der Waals surface area contributed by atoms with Crippen LogP contribution in [0.25, 0.3) is 10.9 Å². The molecule has 1 aromatic carbocycles. The molecule has 1 amide bonds. The average molecular weight is 332 g/mol. The molecule has 1 N–H and O–H groups in total. The third-order valence-electron chi connectivity index (χ3n) is 5.36. The van der Waals surface area contributed by atoms with Crippen LogP contribution >= 0.6 is 11.6 Å². The summed E-state index contributed by atoms with van der Waals surface area (Å²) in [5.41, 5.74) is 2.69. The van der Waals surface area contributed by atoms with E-state index in [2.05, 4.69) is 9.88 Å². The maximum atomic E-state index is 13.0. The lowest BCUT2D eigenvalue weighted by Gasteiger charge is -2.44. The summed E-state index contributed by atoms with van der Waals surface area (Å²) in [5.74, 6) is 0.125. The minimum absolute atomic E-state index is 0.125. The Kier molecular flexibility index (Phi) is 3.82. The molecule has 2 aliphatic rings. The second kappa shape index (κ2) is 5.84. The van der Waals surface area contributed by atoms with E-state index in [1.165, 1.54) is 25.8 Å². The zero-order chi connectivity index (χ0) is 16.0. The van der Waals surface area contributed by atoms with Gasteiger partial charge < -0.3 is 9.88 Å². The zero-order valence-electron chi connectivity index (χ0n) is 13.4. The molecular weight excluding hydrogens is 310 g/mol. The minimum Gasteiger partial charge on any atom is -0.350 e. The maximum absolute atomic E-state index is 13.0. The summed E-state index contributed by atoms with van der Waals surface area (Å²) >= 11 is 6.09. The normalized spacial score (nSPS) is 22.3. The van der Waals surface area contributed by atoms with Gasteiger partial charge in [0.05, 0.1) is 0 Å². The summed E-state index contributed by atoms with van der Waals surface area (Å²) in [5, 5.41) is 1.74. The van der Waals surface area contributed by atoms with Crippen molar-refractivity contribution >= 4 is 28.4 Å². The molecule has 0 radical (unpaired) electrons. The number of carbonyl (C=O) groups excluding carboxylic acids is 1. The van der Waals surface area contributed by atoms with E-state index in [0.29, 0.717) is 16.8 Å². The summed E-state index contributed by atoms with van der Waals surface area (Å²) in [6, 6.07) is 6.27. The van der Waals surface area contributed by atoms with Crippen LogP contribution in [0.3, 0.4) is 0 Å². The van der Waals surface area contributed by atoms with Crippen molar-refractivity contribution in [3.05, 3.63) is 34.5 Å². The number of hydrogen-bond donors (Lipinski definition) is 1. The van der Waals surface area contributed by atoms with Gasteiger partial charge in [-0.1, -0.05) is 18.0 Å². The lowest BCUT2D eigenvalue weighted by atomic mass is 9.99. The van der Waals surface area contributed by atoms with E-state index in [4.69, 9.17) is 11.6 Å². The average Bonchev–Trinajstić information content (AvgIpc) is 2.90. The van der Waals surface area contributed by atoms with E-state index >= 15 is 0 Å². The van der Waals surface area contributed by atoms with E-state index in [-0.39, 0.29) is 5.91 Å². The minimum atomic E-state index is 0.125. The highest BCUT2D eigenvalue weighted by molar-refractivity contribution is 6.31. The third kappa shape index (κ3) is 2.64. The molecule has 1 aromatic heterocycles. The SMILES string of the molecule is Cc1c(C(=O)N2CCN3CCCCC3C2)[nH]c2ccc(Cl)cc12. The van der Waals surface area contributed by atoms with Gasteiger partial charge in [0.25, 0.3) is 5.91 Å². The number of nitrogens with one attached hydrogen (secondary N) is 1. The van der Waals surface area contributed by atoms with Crippen molar-refractivity contribution in [2.24, 2.45) is 0 Å². The third-order valence-corrected chi connectivity index (χ3v) is 5.59. The van der Waals surface area contributed by atoms with Crippen LogP contribution < -0.4 is 0 Å². The predicted molar refractivity (Wildman–Crippen MR) is 93.2 cm³/mol. The Balaban J connectivity index is 1.60. The molecule has 4 nitrogen and oxygen atoms in total. The van der Waals surface area contributed by atoms with Crippen molar-refractivity contribution < 1.29 is 4.79 Å². The van der Waals surface area contributed by atoms with Crippen LogP contribution in [0.4, 0.5) is 0 Å². The van der Waals surface area contributed by atoms with Crippen molar-refractivity contribution in [1.82, 2.24) is 14.8 Å². The van der Waals surface area contributed by atoms with Gasteiger partial charge in [0.15, 0.2) is 0 Å². The molecule has 2 aliphatic heterocycles. The molecule has 0 saturated carbocycles. The molecular formula is C18H22ClN3O. The molecule has 1 unspecified atom stereocenters. The van der Waals surface area contributed by atoms with Gasteiger partial charge in [0, 0.05) is 41.6 Å². The number of piperazine rings is 1. The van der Waals surface area contributed by atoms with Crippen molar-refractivity contribution in [1.29, 1.82) is 0 Å². The van der Waals surface area contributed by atoms with Gasteiger partial charge in [-0.15, -0.1) is 0 Å². The number of hydrogen-bond acceptors (Lipinski definition) is 2. The quantitative estimate of drug-likeness (QED) is 0.869. The number of rotatable bonds is 1. The van der Waals surface area contributed by atoms with Crippen LogP contribution in [0, 0.1) is 6.92 Å². The summed E-state index contributed by atoms with van der Waals surface area (Å²) in [6.45, 7) is 5.87. The Morgan fingerprint density at radius 2 is 2.13 bits per heavy atom. The van der Waals surface area contributed by atoms with E-state index in [0.717, 1.165) is 36.1 Å². The van der Waals surface area contributed by atoms with Crippen LogP contribution in [-0.2, 0) is 0 Å². The number of carbonyl (C=O) groups is 1. The summed E-state index contributed by atoms with van der Waals surface area (Å²) in [7, 11) is 0. The molecule has 4 rings (SSSR count). The highest BCUT2D eigenvalue weighted by Gasteiger charge is 2.32. The molecule has 2 fully saturated rings. The second-order valence-electron chi connectivity index (χ2n) is 6.75. The molecule has 122 valence electrons. The van der Waals surface area contributed by atoms with Gasteiger partial charge in [-0.3, -0.25) is 9.69 Å². The van der Waals surface area contributed by atoms with Gasteiger partial charge in [-0.25, -0.2) is 0 Å². The number of amides is 1. The fraction of sp³-hybridized carbons (Fsp3) is 0.500. The first-order valence-corrected chi connectivity index (χ1v) is 8.82. The number of benzene rings is 1.